The van der Waals surface area contributed by atoms with Gasteiger partial charge in [-0.15, -0.1) is 0 Å². The van der Waals surface area contributed by atoms with Crippen molar-refractivity contribution in [3.63, 3.8) is 0 Å². The summed E-state index contributed by atoms with van der Waals surface area (Å²) in [4.78, 5) is 37.0. The molecule has 1 fully saturated rings. The number of hydrogen-bond acceptors (Lipinski definition) is 4. The molecular weight excluding hydrogens is 408 g/mol. The molecule has 2 aromatic carbocycles. The summed E-state index contributed by atoms with van der Waals surface area (Å²) in [5.41, 5.74) is 3.38. The van der Waals surface area contributed by atoms with E-state index in [-0.39, 0.29) is 18.9 Å². The Morgan fingerprint density at radius 3 is 2.12 bits per heavy atom. The van der Waals surface area contributed by atoms with Gasteiger partial charge in [0.2, 0.25) is 5.91 Å². The SMILES string of the molecule is CC[C@H](NC(=O)C1(NC(=O)OCC2c3ccccc3-c3ccccc32)CCCC1)C(=O)O. The number of carboxylic acid groups (broad SMARTS) is 1. The van der Waals surface area contributed by atoms with Gasteiger partial charge in [-0.05, 0) is 41.5 Å². The molecule has 0 aliphatic heterocycles. The lowest BCUT2D eigenvalue weighted by atomic mass is 9.95. The molecule has 2 amide bonds. The van der Waals surface area contributed by atoms with Crippen molar-refractivity contribution in [3.05, 3.63) is 59.7 Å². The summed E-state index contributed by atoms with van der Waals surface area (Å²) in [6.07, 6.45) is 2.08. The molecule has 4 rings (SSSR count). The number of alkyl carbamates (subject to hydrolysis) is 1. The van der Waals surface area contributed by atoms with Crippen molar-refractivity contribution in [3.8, 4) is 11.1 Å². The van der Waals surface area contributed by atoms with E-state index in [4.69, 9.17) is 4.74 Å². The summed E-state index contributed by atoms with van der Waals surface area (Å²) in [6, 6.07) is 15.2. The fraction of sp³-hybridized carbons (Fsp3) is 0.400. The second-order valence-electron chi connectivity index (χ2n) is 8.51. The maximum atomic E-state index is 12.9. The average Bonchev–Trinajstić information content (AvgIpc) is 3.39. The van der Waals surface area contributed by atoms with E-state index in [0.717, 1.165) is 35.1 Å². The van der Waals surface area contributed by atoms with E-state index in [9.17, 15) is 19.5 Å². The van der Waals surface area contributed by atoms with Gasteiger partial charge in [0.1, 0.15) is 18.2 Å². The highest BCUT2D eigenvalue weighted by molar-refractivity contribution is 5.93. The van der Waals surface area contributed by atoms with Crippen molar-refractivity contribution in [1.29, 1.82) is 0 Å². The van der Waals surface area contributed by atoms with Crippen molar-refractivity contribution < 1.29 is 24.2 Å². The van der Waals surface area contributed by atoms with Crippen LogP contribution in [0.5, 0.6) is 0 Å². The zero-order valence-electron chi connectivity index (χ0n) is 18.1. The van der Waals surface area contributed by atoms with Gasteiger partial charge in [-0.25, -0.2) is 9.59 Å². The average molecular weight is 437 g/mol. The lowest BCUT2D eigenvalue weighted by molar-refractivity contribution is -0.143. The summed E-state index contributed by atoms with van der Waals surface area (Å²) in [5, 5.41) is 14.6. The number of carbonyl (C=O) groups is 3. The molecule has 0 heterocycles. The van der Waals surface area contributed by atoms with E-state index in [1.165, 1.54) is 0 Å². The molecule has 168 valence electrons. The second-order valence-corrected chi connectivity index (χ2v) is 8.51. The van der Waals surface area contributed by atoms with Crippen LogP contribution in [0.15, 0.2) is 48.5 Å². The number of ether oxygens (including phenoxy) is 1. The van der Waals surface area contributed by atoms with Crippen molar-refractivity contribution in [2.45, 2.75) is 56.5 Å². The quantitative estimate of drug-likeness (QED) is 0.612. The van der Waals surface area contributed by atoms with Crippen molar-refractivity contribution in [2.24, 2.45) is 0 Å². The van der Waals surface area contributed by atoms with Gasteiger partial charge < -0.3 is 20.5 Å². The minimum absolute atomic E-state index is 0.0713. The van der Waals surface area contributed by atoms with Gasteiger partial charge in [-0.2, -0.15) is 0 Å². The van der Waals surface area contributed by atoms with E-state index in [0.29, 0.717) is 12.8 Å². The molecule has 0 saturated heterocycles. The van der Waals surface area contributed by atoms with Crippen molar-refractivity contribution in [2.75, 3.05) is 6.61 Å². The van der Waals surface area contributed by atoms with Gasteiger partial charge in [0, 0.05) is 5.92 Å². The molecule has 0 aromatic heterocycles. The van der Waals surface area contributed by atoms with Crippen LogP contribution < -0.4 is 10.6 Å². The smallest absolute Gasteiger partial charge is 0.408 e. The fourth-order valence-corrected chi connectivity index (χ4v) is 4.85. The van der Waals surface area contributed by atoms with Gasteiger partial charge in [-0.1, -0.05) is 68.3 Å². The number of nitrogens with one attached hydrogen (secondary N) is 2. The molecule has 0 bridgehead atoms. The molecule has 2 aromatic rings. The summed E-state index contributed by atoms with van der Waals surface area (Å²) in [5.74, 6) is -1.62. The first-order chi connectivity index (χ1) is 15.4. The molecule has 1 saturated carbocycles. The van der Waals surface area contributed by atoms with Crippen LogP contribution in [0, 0.1) is 0 Å². The maximum absolute atomic E-state index is 12.9. The highest BCUT2D eigenvalue weighted by atomic mass is 16.5. The predicted octanol–water partition coefficient (Wildman–Crippen LogP) is 3.82. The van der Waals surface area contributed by atoms with Crippen LogP contribution >= 0.6 is 0 Å². The minimum Gasteiger partial charge on any atom is -0.480 e. The number of benzene rings is 2. The van der Waals surface area contributed by atoms with Crippen LogP contribution in [-0.4, -0.2) is 41.3 Å². The van der Waals surface area contributed by atoms with E-state index >= 15 is 0 Å². The molecule has 3 N–H and O–H groups in total. The summed E-state index contributed by atoms with van der Waals surface area (Å²) < 4.78 is 5.61. The molecule has 2 aliphatic rings. The number of amides is 2. The topological polar surface area (TPSA) is 105 Å². The third-order valence-electron chi connectivity index (χ3n) is 6.59. The summed E-state index contributed by atoms with van der Waals surface area (Å²) >= 11 is 0. The lowest BCUT2D eigenvalue weighted by Crippen LogP contribution is -2.59. The number of carboxylic acids is 1. The Bertz CT molecular complexity index is 983. The molecule has 1 atom stereocenters. The molecule has 0 unspecified atom stereocenters. The molecular formula is C25H28N2O5. The largest absolute Gasteiger partial charge is 0.480 e. The summed E-state index contributed by atoms with van der Waals surface area (Å²) in [6.45, 7) is 1.85. The molecule has 0 spiro atoms. The first kappa shape index (κ1) is 21.9. The molecule has 0 radical (unpaired) electrons. The first-order valence-corrected chi connectivity index (χ1v) is 11.1. The Labute approximate surface area is 187 Å². The Kier molecular flexibility index (Phi) is 6.17. The van der Waals surface area contributed by atoms with Crippen LogP contribution in [0.2, 0.25) is 0 Å². The first-order valence-electron chi connectivity index (χ1n) is 11.1. The van der Waals surface area contributed by atoms with Crippen molar-refractivity contribution >= 4 is 18.0 Å². The number of aliphatic carboxylic acids is 1. The standard InChI is InChI=1S/C25H28N2O5/c1-2-21(22(28)29)26-23(30)25(13-7-8-14-25)27-24(31)32-15-20-18-11-5-3-9-16(18)17-10-4-6-12-19(17)20/h3-6,9-12,20-21H,2,7-8,13-15H2,1H3,(H,26,30)(H,27,31)(H,28,29)/t21-/m0/s1. The highest BCUT2D eigenvalue weighted by Gasteiger charge is 2.44. The predicted molar refractivity (Wildman–Crippen MR) is 119 cm³/mol. The van der Waals surface area contributed by atoms with Gasteiger partial charge in [0.05, 0.1) is 0 Å². The van der Waals surface area contributed by atoms with Gasteiger partial charge in [0.15, 0.2) is 0 Å². The van der Waals surface area contributed by atoms with E-state index in [1.54, 1.807) is 6.92 Å². The normalized spacial score (nSPS) is 17.2. The molecule has 32 heavy (non-hydrogen) atoms. The fourth-order valence-electron chi connectivity index (χ4n) is 4.85. The van der Waals surface area contributed by atoms with E-state index < -0.39 is 29.6 Å². The van der Waals surface area contributed by atoms with Crippen molar-refractivity contribution in [1.82, 2.24) is 10.6 Å². The Hall–Kier alpha value is -3.35. The van der Waals surface area contributed by atoms with Crippen LogP contribution in [0.4, 0.5) is 4.79 Å². The Balaban J connectivity index is 1.45. The zero-order valence-corrected chi connectivity index (χ0v) is 18.1. The number of carbonyl (C=O) groups excluding carboxylic acids is 2. The number of hydrogen-bond donors (Lipinski definition) is 3. The maximum Gasteiger partial charge on any atom is 0.408 e. The van der Waals surface area contributed by atoms with E-state index in [2.05, 4.69) is 22.8 Å². The monoisotopic (exact) mass is 436 g/mol. The minimum atomic E-state index is -1.13. The second kappa shape index (κ2) is 9.02. The highest BCUT2D eigenvalue weighted by Crippen LogP contribution is 2.44. The van der Waals surface area contributed by atoms with Gasteiger partial charge in [-0.3, -0.25) is 4.79 Å². The molecule has 7 nitrogen and oxygen atoms in total. The lowest BCUT2D eigenvalue weighted by Gasteiger charge is -2.30. The van der Waals surface area contributed by atoms with Crippen LogP contribution in [0.1, 0.15) is 56.1 Å². The molecule has 2 aliphatic carbocycles. The van der Waals surface area contributed by atoms with Crippen LogP contribution in [0.3, 0.4) is 0 Å². The Morgan fingerprint density at radius 2 is 1.59 bits per heavy atom. The Morgan fingerprint density at radius 1 is 1.03 bits per heavy atom. The zero-order chi connectivity index (χ0) is 22.7. The summed E-state index contributed by atoms with van der Waals surface area (Å²) in [7, 11) is 0. The third kappa shape index (κ3) is 4.07. The van der Waals surface area contributed by atoms with Gasteiger partial charge >= 0.3 is 12.1 Å². The number of fused-ring (bicyclic) bond motifs is 3. The number of rotatable bonds is 7. The van der Waals surface area contributed by atoms with E-state index in [1.807, 2.05) is 36.4 Å². The molecule has 7 heteroatoms. The van der Waals surface area contributed by atoms with Gasteiger partial charge in [0.25, 0.3) is 0 Å². The third-order valence-corrected chi connectivity index (χ3v) is 6.59. The van der Waals surface area contributed by atoms with Crippen LogP contribution in [0.25, 0.3) is 11.1 Å². The van der Waals surface area contributed by atoms with Crippen LogP contribution in [-0.2, 0) is 14.3 Å².